The summed E-state index contributed by atoms with van der Waals surface area (Å²) in [7, 11) is 0. The normalized spacial score (nSPS) is 29.9. The van der Waals surface area contributed by atoms with Crippen LogP contribution < -0.4 is 4.90 Å². The molecule has 8 nitrogen and oxygen atoms in total. The lowest BCUT2D eigenvalue weighted by molar-refractivity contribution is -0.161. The highest BCUT2D eigenvalue weighted by Gasteiger charge is 2.80. The Balaban J connectivity index is 1.52. The zero-order valence-electron chi connectivity index (χ0n) is 24.0. The van der Waals surface area contributed by atoms with E-state index in [-0.39, 0.29) is 44.0 Å². The maximum absolute atomic E-state index is 14.6. The van der Waals surface area contributed by atoms with Crippen LogP contribution in [0, 0.1) is 17.8 Å². The average molecular weight is 561 g/mol. The minimum atomic E-state index is -1.21. The van der Waals surface area contributed by atoms with Gasteiger partial charge in [-0.05, 0) is 61.4 Å². The van der Waals surface area contributed by atoms with Crippen LogP contribution in [-0.2, 0) is 23.9 Å². The number of rotatable bonds is 12. The minimum Gasteiger partial charge on any atom is -0.465 e. The fraction of sp³-hybridized carbons (Fsp3) is 0.485. The molecule has 3 aliphatic heterocycles. The molecule has 41 heavy (non-hydrogen) atoms. The molecule has 3 heterocycles. The van der Waals surface area contributed by atoms with E-state index in [0.29, 0.717) is 18.5 Å². The molecule has 2 aromatic carbocycles. The molecule has 1 N–H and O–H groups in total. The van der Waals surface area contributed by atoms with Crippen LogP contribution in [0.1, 0.15) is 39.5 Å². The number of unbranched alkanes of at least 4 members (excludes halogenated alkanes) is 2. The molecule has 2 bridgehead atoms. The highest BCUT2D eigenvalue weighted by Crippen LogP contribution is 2.65. The highest BCUT2D eigenvalue weighted by molar-refractivity contribution is 6.05. The molecular formula is C33H40N2O6. The lowest BCUT2D eigenvalue weighted by atomic mass is 9.62. The number of benzene rings is 2. The fourth-order valence-electron chi connectivity index (χ4n) is 7.32. The predicted molar refractivity (Wildman–Crippen MR) is 157 cm³/mol. The maximum Gasteiger partial charge on any atom is 0.312 e. The number of amides is 2. The largest absolute Gasteiger partial charge is 0.465 e. The van der Waals surface area contributed by atoms with Gasteiger partial charge in [-0.2, -0.15) is 0 Å². The molecule has 0 radical (unpaired) electrons. The van der Waals surface area contributed by atoms with Crippen molar-refractivity contribution in [2.45, 2.75) is 56.8 Å². The predicted octanol–water partition coefficient (Wildman–Crippen LogP) is 4.26. The number of hydrogen-bond acceptors (Lipinski definition) is 6. The van der Waals surface area contributed by atoms with Crippen molar-refractivity contribution >= 4 is 34.2 Å². The monoisotopic (exact) mass is 560 g/mol. The number of β-amino-alcohol motifs (C(OH)–C–C–N with tert-alkyl or cyclic N) is 1. The molecular weight excluding hydrogens is 520 g/mol. The van der Waals surface area contributed by atoms with Gasteiger partial charge in [-0.1, -0.05) is 49.4 Å². The van der Waals surface area contributed by atoms with Crippen LogP contribution in [0.5, 0.6) is 0 Å². The second-order valence-corrected chi connectivity index (χ2v) is 11.7. The van der Waals surface area contributed by atoms with Gasteiger partial charge in [0.25, 0.3) is 5.91 Å². The Morgan fingerprint density at radius 1 is 1.17 bits per heavy atom. The van der Waals surface area contributed by atoms with Crippen molar-refractivity contribution in [3.8, 4) is 0 Å². The molecule has 8 heteroatoms. The third-order valence-corrected chi connectivity index (χ3v) is 9.31. The van der Waals surface area contributed by atoms with Gasteiger partial charge in [0.15, 0.2) is 0 Å². The molecule has 5 rings (SSSR count). The van der Waals surface area contributed by atoms with Crippen LogP contribution in [0.25, 0.3) is 10.8 Å². The number of allylic oxidation sites excluding steroid dienone is 1. The van der Waals surface area contributed by atoms with E-state index in [1.165, 1.54) is 4.90 Å². The van der Waals surface area contributed by atoms with Crippen molar-refractivity contribution in [3.63, 3.8) is 0 Å². The first-order chi connectivity index (χ1) is 19.7. The van der Waals surface area contributed by atoms with E-state index in [1.807, 2.05) is 62.4 Å². The minimum absolute atomic E-state index is 0.0368. The van der Waals surface area contributed by atoms with Crippen molar-refractivity contribution in [2.24, 2.45) is 17.8 Å². The molecule has 0 aromatic heterocycles. The van der Waals surface area contributed by atoms with Gasteiger partial charge in [0.1, 0.15) is 17.6 Å². The highest BCUT2D eigenvalue weighted by atomic mass is 16.6. The molecule has 3 fully saturated rings. The summed E-state index contributed by atoms with van der Waals surface area (Å²) in [6.07, 6.45) is 6.31. The summed E-state index contributed by atoms with van der Waals surface area (Å²) < 4.78 is 12.4. The standard InChI is InChI=1S/C33H40N2O6/c1-5-7-8-11-19-40-31(39)27-26-29(37)35(17-18-36)28(33(26)21-22(3)32(27,4)41-33)30(38)34(16-6-2)25-15-14-23-12-9-10-13-24(23)20-25/h5-6,9-10,12-15,20,22,26-28,36H,1-2,7-8,11,16-19,21H2,3-4H3/t22?,26-,27-,28?,32+,33?/m0/s1. The van der Waals surface area contributed by atoms with E-state index in [2.05, 4.69) is 13.2 Å². The molecule has 3 saturated heterocycles. The van der Waals surface area contributed by atoms with Crippen LogP contribution in [0.2, 0.25) is 0 Å². The maximum atomic E-state index is 14.6. The van der Waals surface area contributed by atoms with Gasteiger partial charge in [0.2, 0.25) is 5.91 Å². The number of carbonyl (C=O) groups is 3. The van der Waals surface area contributed by atoms with Crippen molar-refractivity contribution in [1.29, 1.82) is 0 Å². The van der Waals surface area contributed by atoms with Crippen molar-refractivity contribution < 1.29 is 29.0 Å². The van der Waals surface area contributed by atoms with E-state index in [1.54, 1.807) is 11.0 Å². The van der Waals surface area contributed by atoms with Crippen LogP contribution >= 0.6 is 0 Å². The van der Waals surface area contributed by atoms with Gasteiger partial charge in [0, 0.05) is 18.8 Å². The van der Waals surface area contributed by atoms with E-state index in [0.717, 1.165) is 23.6 Å². The Bertz CT molecular complexity index is 1360. The third-order valence-electron chi connectivity index (χ3n) is 9.31. The smallest absolute Gasteiger partial charge is 0.312 e. The number of fused-ring (bicyclic) bond motifs is 2. The van der Waals surface area contributed by atoms with Crippen LogP contribution in [0.3, 0.4) is 0 Å². The summed E-state index contributed by atoms with van der Waals surface area (Å²) in [5.41, 5.74) is -1.48. The van der Waals surface area contributed by atoms with Crippen molar-refractivity contribution in [3.05, 3.63) is 67.8 Å². The number of anilines is 1. The zero-order valence-corrected chi connectivity index (χ0v) is 24.0. The molecule has 0 saturated carbocycles. The first-order valence-electron chi connectivity index (χ1n) is 14.5. The second-order valence-electron chi connectivity index (χ2n) is 11.7. The Morgan fingerprint density at radius 2 is 1.93 bits per heavy atom. The van der Waals surface area contributed by atoms with Gasteiger partial charge in [-0.25, -0.2) is 0 Å². The molecule has 1 spiro atoms. The number of aliphatic hydroxyl groups is 1. The number of hydrogen-bond donors (Lipinski definition) is 1. The first-order valence-corrected chi connectivity index (χ1v) is 14.5. The number of likely N-dealkylation sites (tertiary alicyclic amines) is 1. The van der Waals surface area contributed by atoms with Crippen molar-refractivity contribution in [1.82, 2.24) is 4.90 Å². The first kappa shape index (κ1) is 29.0. The molecule has 218 valence electrons. The summed E-state index contributed by atoms with van der Waals surface area (Å²) in [6.45, 7) is 11.6. The zero-order chi connectivity index (χ0) is 29.4. The van der Waals surface area contributed by atoms with Crippen LogP contribution in [-0.4, -0.2) is 71.3 Å². The molecule has 3 aliphatic rings. The van der Waals surface area contributed by atoms with Crippen LogP contribution in [0.4, 0.5) is 5.69 Å². The van der Waals surface area contributed by atoms with Crippen molar-refractivity contribution in [2.75, 3.05) is 31.2 Å². The average Bonchev–Trinajstić information content (AvgIpc) is 3.47. The van der Waals surface area contributed by atoms with Gasteiger partial charge in [-0.15, -0.1) is 13.2 Å². The molecule has 6 atom stereocenters. The fourth-order valence-corrected chi connectivity index (χ4v) is 7.32. The molecule has 2 aromatic rings. The summed E-state index contributed by atoms with van der Waals surface area (Å²) in [5, 5.41) is 12.0. The Labute approximate surface area is 241 Å². The van der Waals surface area contributed by atoms with E-state index >= 15 is 0 Å². The lowest BCUT2D eigenvalue weighted by Crippen LogP contribution is -2.57. The van der Waals surface area contributed by atoms with Crippen LogP contribution in [0.15, 0.2) is 67.8 Å². The van der Waals surface area contributed by atoms with E-state index in [4.69, 9.17) is 9.47 Å². The van der Waals surface area contributed by atoms with E-state index in [9.17, 15) is 19.5 Å². The number of ether oxygens (including phenoxy) is 2. The van der Waals surface area contributed by atoms with Gasteiger partial charge >= 0.3 is 5.97 Å². The Morgan fingerprint density at radius 3 is 2.63 bits per heavy atom. The summed E-state index contributed by atoms with van der Waals surface area (Å²) in [5.74, 6) is -2.94. The topological polar surface area (TPSA) is 96.4 Å². The van der Waals surface area contributed by atoms with Gasteiger partial charge in [-0.3, -0.25) is 14.4 Å². The molecule has 2 amide bonds. The second kappa shape index (κ2) is 11.4. The SMILES string of the molecule is C=CCCCCOC(=O)[C@@H]1[C@H]2C(=O)N(CCO)C(C(=O)N(CC=C)c3ccc4ccccc4c3)C23CC(C)[C@@]1(C)O3. The molecule has 3 unspecified atom stereocenters. The number of nitrogens with zero attached hydrogens (tertiary/aromatic N) is 2. The Hall–Kier alpha value is -3.49. The number of carbonyl (C=O) groups excluding carboxylic acids is 3. The van der Waals surface area contributed by atoms with E-state index < -0.39 is 35.0 Å². The quantitative estimate of drug-likeness (QED) is 0.237. The molecule has 0 aliphatic carbocycles. The third kappa shape index (κ3) is 4.67. The summed E-state index contributed by atoms with van der Waals surface area (Å²) in [4.78, 5) is 45.3. The number of esters is 1. The number of aliphatic hydroxyl groups excluding tert-OH is 1. The lowest BCUT2D eigenvalue weighted by Gasteiger charge is -2.37. The van der Waals surface area contributed by atoms with Gasteiger partial charge in [0.05, 0.1) is 24.7 Å². The summed E-state index contributed by atoms with van der Waals surface area (Å²) >= 11 is 0. The Kier molecular flexibility index (Phi) is 8.08. The summed E-state index contributed by atoms with van der Waals surface area (Å²) in [6, 6.07) is 12.7. The van der Waals surface area contributed by atoms with Gasteiger partial charge < -0.3 is 24.4 Å².